The standard InChI is InChI=1S/C19H11NO/c21-12-20-19-16-8-4-2-6-14(16)11-18-15-7-3-1-5-13(15)9-10-17(18)19/h1-11H. The first kappa shape index (κ1) is 11.8. The summed E-state index contributed by atoms with van der Waals surface area (Å²) in [6.07, 6.45) is 1.69. The summed E-state index contributed by atoms with van der Waals surface area (Å²) >= 11 is 0. The number of hydrogen-bond donors (Lipinski definition) is 0. The molecule has 0 saturated heterocycles. The van der Waals surface area contributed by atoms with Gasteiger partial charge in [-0.3, -0.25) is 0 Å². The Bertz CT molecular complexity index is 1040. The molecule has 21 heavy (non-hydrogen) atoms. The first-order valence-electron chi connectivity index (χ1n) is 6.79. The fourth-order valence-electron chi connectivity index (χ4n) is 2.96. The molecule has 4 aromatic rings. The Balaban J connectivity index is 2.33. The number of fused-ring (bicyclic) bond motifs is 4. The fourth-order valence-corrected chi connectivity index (χ4v) is 2.96. The lowest BCUT2D eigenvalue weighted by atomic mass is 9.96. The maximum absolute atomic E-state index is 10.8. The number of rotatable bonds is 1. The van der Waals surface area contributed by atoms with E-state index in [0.717, 1.165) is 21.5 Å². The molecule has 0 aliphatic carbocycles. The summed E-state index contributed by atoms with van der Waals surface area (Å²) in [5.74, 6) is 0. The smallest absolute Gasteiger partial charge is 0.211 e. The summed E-state index contributed by atoms with van der Waals surface area (Å²) in [5.41, 5.74) is 0.698. The van der Waals surface area contributed by atoms with Crippen LogP contribution in [-0.4, -0.2) is 6.08 Å². The van der Waals surface area contributed by atoms with E-state index in [1.54, 1.807) is 6.08 Å². The first-order valence-corrected chi connectivity index (χ1v) is 6.79. The largest absolute Gasteiger partial charge is 0.240 e. The highest BCUT2D eigenvalue weighted by Gasteiger charge is 2.09. The molecule has 2 nitrogen and oxygen atoms in total. The quantitative estimate of drug-likeness (QED) is 0.204. The zero-order valence-electron chi connectivity index (χ0n) is 11.2. The predicted octanol–water partition coefficient (Wildman–Crippen LogP) is 5.11. The first-order chi connectivity index (χ1) is 10.4. The van der Waals surface area contributed by atoms with Crippen molar-refractivity contribution >= 4 is 44.1 Å². The van der Waals surface area contributed by atoms with Gasteiger partial charge in [0.15, 0.2) is 0 Å². The number of hydrogen-bond acceptors (Lipinski definition) is 2. The molecule has 0 aromatic heterocycles. The van der Waals surface area contributed by atoms with Crippen molar-refractivity contribution in [2.45, 2.75) is 0 Å². The second-order valence-electron chi connectivity index (χ2n) is 5.03. The number of isocyanates is 1. The van der Waals surface area contributed by atoms with Crippen molar-refractivity contribution in [3.05, 3.63) is 66.7 Å². The average Bonchev–Trinajstić information content (AvgIpc) is 2.55. The van der Waals surface area contributed by atoms with E-state index < -0.39 is 0 Å². The van der Waals surface area contributed by atoms with Crippen LogP contribution < -0.4 is 0 Å². The Morgan fingerprint density at radius 1 is 0.667 bits per heavy atom. The van der Waals surface area contributed by atoms with Gasteiger partial charge in [0.2, 0.25) is 6.08 Å². The Kier molecular flexibility index (Phi) is 2.56. The molecule has 2 heteroatoms. The molecule has 0 amide bonds. The number of carbonyl (C=O) groups excluding carboxylic acids is 1. The van der Waals surface area contributed by atoms with Crippen LogP contribution >= 0.6 is 0 Å². The Morgan fingerprint density at radius 3 is 2.19 bits per heavy atom. The third-order valence-corrected chi connectivity index (χ3v) is 3.90. The van der Waals surface area contributed by atoms with E-state index in [1.165, 1.54) is 10.8 Å². The van der Waals surface area contributed by atoms with Crippen LogP contribution in [0.15, 0.2) is 71.7 Å². The average molecular weight is 269 g/mol. The maximum atomic E-state index is 10.8. The summed E-state index contributed by atoms with van der Waals surface area (Å²) in [5, 5.41) is 6.50. The van der Waals surface area contributed by atoms with Gasteiger partial charge in [-0.25, -0.2) is 4.79 Å². The minimum absolute atomic E-state index is 0.698. The molecule has 0 heterocycles. The van der Waals surface area contributed by atoms with Crippen LogP contribution in [0.25, 0.3) is 32.3 Å². The van der Waals surface area contributed by atoms with E-state index in [0.29, 0.717) is 5.69 Å². The van der Waals surface area contributed by atoms with E-state index in [2.05, 4.69) is 29.3 Å². The van der Waals surface area contributed by atoms with Crippen molar-refractivity contribution in [2.24, 2.45) is 4.99 Å². The van der Waals surface area contributed by atoms with Crippen LogP contribution in [0.4, 0.5) is 5.69 Å². The minimum Gasteiger partial charge on any atom is -0.211 e. The van der Waals surface area contributed by atoms with E-state index in [1.807, 2.05) is 42.5 Å². The molecule has 0 radical (unpaired) electrons. The minimum atomic E-state index is 0.698. The van der Waals surface area contributed by atoms with Gasteiger partial charge in [-0.1, -0.05) is 60.7 Å². The highest BCUT2D eigenvalue weighted by atomic mass is 16.1. The van der Waals surface area contributed by atoms with Crippen molar-refractivity contribution in [1.82, 2.24) is 0 Å². The van der Waals surface area contributed by atoms with Gasteiger partial charge in [-0.15, -0.1) is 0 Å². The van der Waals surface area contributed by atoms with Gasteiger partial charge < -0.3 is 0 Å². The third-order valence-electron chi connectivity index (χ3n) is 3.90. The molecule has 0 fully saturated rings. The number of nitrogens with zero attached hydrogens (tertiary/aromatic N) is 1. The molecule has 0 saturated carbocycles. The molecule has 0 unspecified atom stereocenters. The molecule has 0 aliphatic rings. The summed E-state index contributed by atoms with van der Waals surface area (Å²) in [4.78, 5) is 14.8. The molecule has 0 aliphatic heterocycles. The van der Waals surface area contributed by atoms with Crippen molar-refractivity contribution in [2.75, 3.05) is 0 Å². The fraction of sp³-hybridized carbons (Fsp3) is 0. The monoisotopic (exact) mass is 269 g/mol. The molecule has 4 rings (SSSR count). The zero-order chi connectivity index (χ0) is 14.2. The van der Waals surface area contributed by atoms with Crippen LogP contribution in [0.5, 0.6) is 0 Å². The summed E-state index contributed by atoms with van der Waals surface area (Å²) in [7, 11) is 0. The van der Waals surface area contributed by atoms with E-state index in [-0.39, 0.29) is 0 Å². The van der Waals surface area contributed by atoms with Gasteiger partial charge in [0, 0.05) is 10.8 Å². The molecule has 4 aromatic carbocycles. The van der Waals surface area contributed by atoms with Gasteiger partial charge >= 0.3 is 0 Å². The normalized spacial score (nSPS) is 10.9. The van der Waals surface area contributed by atoms with Crippen LogP contribution in [0.2, 0.25) is 0 Å². The lowest BCUT2D eigenvalue weighted by Crippen LogP contribution is -1.81. The van der Waals surface area contributed by atoms with Crippen molar-refractivity contribution in [1.29, 1.82) is 0 Å². The Hall–Kier alpha value is -2.96. The van der Waals surface area contributed by atoms with E-state index in [9.17, 15) is 4.79 Å². The van der Waals surface area contributed by atoms with Crippen molar-refractivity contribution in [3.8, 4) is 0 Å². The van der Waals surface area contributed by atoms with E-state index >= 15 is 0 Å². The number of aliphatic imine (C=N–C) groups is 1. The van der Waals surface area contributed by atoms with Gasteiger partial charge in [0.1, 0.15) is 0 Å². The third kappa shape index (κ3) is 1.74. The summed E-state index contributed by atoms with van der Waals surface area (Å²) in [6.45, 7) is 0. The second-order valence-corrected chi connectivity index (χ2v) is 5.03. The topological polar surface area (TPSA) is 29.4 Å². The Labute approximate surface area is 121 Å². The maximum Gasteiger partial charge on any atom is 0.240 e. The lowest BCUT2D eigenvalue weighted by molar-refractivity contribution is 0.565. The molecule has 0 N–H and O–H groups in total. The van der Waals surface area contributed by atoms with Crippen molar-refractivity contribution < 1.29 is 4.79 Å². The lowest BCUT2D eigenvalue weighted by Gasteiger charge is -2.09. The van der Waals surface area contributed by atoms with Gasteiger partial charge in [0.25, 0.3) is 0 Å². The number of benzene rings is 4. The van der Waals surface area contributed by atoms with Crippen LogP contribution in [0.3, 0.4) is 0 Å². The zero-order valence-corrected chi connectivity index (χ0v) is 11.2. The van der Waals surface area contributed by atoms with Gasteiger partial charge in [-0.2, -0.15) is 4.99 Å². The molecular formula is C19H11NO. The molecule has 98 valence electrons. The Morgan fingerprint density at radius 2 is 1.38 bits per heavy atom. The van der Waals surface area contributed by atoms with E-state index in [4.69, 9.17) is 0 Å². The predicted molar refractivity (Wildman–Crippen MR) is 86.7 cm³/mol. The molecular weight excluding hydrogens is 258 g/mol. The van der Waals surface area contributed by atoms with Crippen molar-refractivity contribution in [3.63, 3.8) is 0 Å². The molecule has 0 atom stereocenters. The van der Waals surface area contributed by atoms with Gasteiger partial charge in [-0.05, 0) is 27.6 Å². The van der Waals surface area contributed by atoms with Crippen LogP contribution in [-0.2, 0) is 4.79 Å². The van der Waals surface area contributed by atoms with Crippen LogP contribution in [0, 0.1) is 0 Å². The summed E-state index contributed by atoms with van der Waals surface area (Å²) in [6, 6.07) is 22.5. The highest BCUT2D eigenvalue weighted by molar-refractivity contribution is 6.18. The van der Waals surface area contributed by atoms with Gasteiger partial charge in [0.05, 0.1) is 5.69 Å². The molecule has 0 bridgehead atoms. The highest BCUT2D eigenvalue weighted by Crippen LogP contribution is 2.37. The second kappa shape index (κ2) is 4.55. The van der Waals surface area contributed by atoms with Crippen LogP contribution in [0.1, 0.15) is 0 Å². The SMILES string of the molecule is O=C=Nc1c2ccccc2cc2c1ccc1ccccc12. The molecule has 0 spiro atoms. The summed E-state index contributed by atoms with van der Waals surface area (Å²) < 4.78 is 0.